The van der Waals surface area contributed by atoms with Crippen molar-refractivity contribution in [2.24, 2.45) is 0 Å². The second kappa shape index (κ2) is 19.9. The lowest BCUT2D eigenvalue weighted by Gasteiger charge is -2.17. The van der Waals surface area contributed by atoms with Crippen LogP contribution in [0, 0.1) is 11.3 Å². The molecule has 6 rings (SSSR count). The molecule has 0 spiro atoms. The number of carbonyl (C=O) groups is 5. The number of ether oxygens (including phenoxy) is 2. The summed E-state index contributed by atoms with van der Waals surface area (Å²) in [6.45, 7) is 0.564. The van der Waals surface area contributed by atoms with Gasteiger partial charge in [0.1, 0.15) is 11.6 Å². The second-order valence-corrected chi connectivity index (χ2v) is 13.7. The molecule has 0 radical (unpaired) electrons. The van der Waals surface area contributed by atoms with Crippen molar-refractivity contribution in [3.8, 4) is 40.2 Å². The SMILES string of the molecule is COc1c(NC(=O)c2ccc(NC(=O)c3ccc(NC(=O)C(CC#N)NC(=O)c4ccc(NCc5ccc(-c6ccccc6)cc5)cc4)cc3)c(OC)c2O)ccc(C(=O)O)c1O. The van der Waals surface area contributed by atoms with Crippen molar-refractivity contribution >= 4 is 52.3 Å². The van der Waals surface area contributed by atoms with Crippen LogP contribution in [0.25, 0.3) is 11.1 Å². The minimum Gasteiger partial charge on any atom is -0.504 e. The summed E-state index contributed by atoms with van der Waals surface area (Å²) in [5, 5.41) is 53.5. The predicted octanol–water partition coefficient (Wildman–Crippen LogP) is 7.25. The van der Waals surface area contributed by atoms with Crippen molar-refractivity contribution in [1.82, 2.24) is 5.32 Å². The molecule has 8 N–H and O–H groups in total. The van der Waals surface area contributed by atoms with E-state index in [1.54, 1.807) is 24.3 Å². The number of nitrogens with zero attached hydrogens (tertiary/aromatic N) is 1. The number of phenols is 2. The molecule has 4 amide bonds. The van der Waals surface area contributed by atoms with Crippen LogP contribution in [-0.4, -0.2) is 65.2 Å². The van der Waals surface area contributed by atoms with Crippen LogP contribution >= 0.6 is 0 Å². The van der Waals surface area contributed by atoms with Gasteiger partial charge in [-0.15, -0.1) is 0 Å². The van der Waals surface area contributed by atoms with Crippen molar-refractivity contribution in [2.45, 2.75) is 19.0 Å². The Labute approximate surface area is 360 Å². The van der Waals surface area contributed by atoms with Crippen LogP contribution in [0.2, 0.25) is 0 Å². The zero-order valence-electron chi connectivity index (χ0n) is 33.8. The van der Waals surface area contributed by atoms with E-state index in [9.17, 15) is 44.6 Å². The van der Waals surface area contributed by atoms with E-state index in [4.69, 9.17) is 9.47 Å². The average molecular weight is 849 g/mol. The lowest BCUT2D eigenvalue weighted by molar-refractivity contribution is -0.117. The highest BCUT2D eigenvalue weighted by molar-refractivity contribution is 6.10. The average Bonchev–Trinajstić information content (AvgIpc) is 3.29. The van der Waals surface area contributed by atoms with Gasteiger partial charge in [0.15, 0.2) is 23.0 Å². The van der Waals surface area contributed by atoms with Gasteiger partial charge < -0.3 is 51.4 Å². The summed E-state index contributed by atoms with van der Waals surface area (Å²) in [5.74, 6) is -6.07. The summed E-state index contributed by atoms with van der Waals surface area (Å²) in [7, 11) is 2.38. The van der Waals surface area contributed by atoms with Gasteiger partial charge in [-0.05, 0) is 89.5 Å². The Kier molecular flexibility index (Phi) is 13.8. The largest absolute Gasteiger partial charge is 0.504 e. The van der Waals surface area contributed by atoms with Crippen LogP contribution in [0.4, 0.5) is 22.7 Å². The highest BCUT2D eigenvalue weighted by Crippen LogP contribution is 2.40. The van der Waals surface area contributed by atoms with Gasteiger partial charge in [-0.3, -0.25) is 19.2 Å². The van der Waals surface area contributed by atoms with Gasteiger partial charge >= 0.3 is 5.97 Å². The van der Waals surface area contributed by atoms with Crippen molar-refractivity contribution in [3.63, 3.8) is 0 Å². The number of anilines is 4. The zero-order chi connectivity index (χ0) is 45.0. The van der Waals surface area contributed by atoms with E-state index < -0.39 is 52.7 Å². The molecule has 63 heavy (non-hydrogen) atoms. The number of hydrogen-bond donors (Lipinski definition) is 8. The van der Waals surface area contributed by atoms with Crippen LogP contribution in [0.1, 0.15) is 53.4 Å². The number of aromatic carboxylic acids is 1. The molecule has 1 atom stereocenters. The van der Waals surface area contributed by atoms with Crippen LogP contribution < -0.4 is 36.1 Å². The van der Waals surface area contributed by atoms with Crippen molar-refractivity contribution in [2.75, 3.05) is 35.5 Å². The maximum Gasteiger partial charge on any atom is 0.339 e. The minimum absolute atomic E-state index is 0.000878. The lowest BCUT2D eigenvalue weighted by atomic mass is 10.0. The number of phenolic OH excluding ortho intramolecular Hbond substituents is 1. The molecule has 0 heterocycles. The maximum atomic E-state index is 13.2. The first kappa shape index (κ1) is 43.7. The van der Waals surface area contributed by atoms with Gasteiger partial charge in [-0.25, -0.2) is 4.79 Å². The van der Waals surface area contributed by atoms with Gasteiger partial charge in [-0.2, -0.15) is 5.26 Å². The predicted molar refractivity (Wildman–Crippen MR) is 234 cm³/mol. The van der Waals surface area contributed by atoms with Crippen molar-refractivity contribution in [3.05, 3.63) is 155 Å². The van der Waals surface area contributed by atoms with E-state index in [0.29, 0.717) is 6.54 Å². The molecule has 16 nitrogen and oxygen atoms in total. The molecule has 0 aromatic heterocycles. The fourth-order valence-corrected chi connectivity index (χ4v) is 6.36. The molecule has 0 bridgehead atoms. The standard InChI is InChI=1S/C47H40N6O10/c1-62-41-36(22-20-34(39(41)54)45(58)52-37-23-21-35(47(60)61)40(55)42(37)63-2)51-43(56)31-14-18-33(19-15-31)50-46(59)38(24-25-48)53-44(57)30-12-16-32(17-13-30)49-26-27-8-10-29(11-9-27)28-6-4-3-5-7-28/h3-23,38,49,54-55H,24,26H2,1-2H3,(H,50,59)(H,51,56)(H,52,58)(H,53,57)(H,60,61). The number of carbonyl (C=O) groups excluding carboxylic acids is 4. The first-order valence-electron chi connectivity index (χ1n) is 19.1. The molecule has 318 valence electrons. The molecule has 0 saturated carbocycles. The summed E-state index contributed by atoms with van der Waals surface area (Å²) in [6, 6.07) is 36.2. The number of hydrogen-bond acceptors (Lipinski definition) is 11. The number of methoxy groups -OCH3 is 2. The smallest absolute Gasteiger partial charge is 0.339 e. The normalized spacial score (nSPS) is 10.9. The molecule has 0 saturated heterocycles. The van der Waals surface area contributed by atoms with Gasteiger partial charge in [0.25, 0.3) is 17.7 Å². The molecule has 0 aliphatic carbocycles. The van der Waals surface area contributed by atoms with Gasteiger partial charge in [0.05, 0.1) is 43.6 Å². The number of nitrogens with one attached hydrogen (secondary N) is 5. The van der Waals surface area contributed by atoms with Crippen LogP contribution in [0.5, 0.6) is 23.0 Å². The Morgan fingerprint density at radius 3 is 1.70 bits per heavy atom. The van der Waals surface area contributed by atoms with E-state index >= 15 is 0 Å². The van der Waals surface area contributed by atoms with Crippen molar-refractivity contribution in [1.29, 1.82) is 5.26 Å². The van der Waals surface area contributed by atoms with Gasteiger partial charge in [-0.1, -0.05) is 54.6 Å². The molecule has 0 fully saturated rings. The molecule has 6 aromatic rings. The zero-order valence-corrected chi connectivity index (χ0v) is 33.8. The number of benzene rings is 6. The Balaban J connectivity index is 1.03. The van der Waals surface area contributed by atoms with Crippen LogP contribution in [0.3, 0.4) is 0 Å². The third kappa shape index (κ3) is 10.5. The number of carboxylic acid groups (broad SMARTS) is 1. The van der Waals surface area contributed by atoms with Gasteiger partial charge in [0.2, 0.25) is 5.91 Å². The molecule has 0 aliphatic rings. The first-order valence-corrected chi connectivity index (χ1v) is 19.1. The third-order valence-corrected chi connectivity index (χ3v) is 9.68. The topological polar surface area (TPSA) is 248 Å². The Hall–Kier alpha value is -8.84. The summed E-state index contributed by atoms with van der Waals surface area (Å²) >= 11 is 0. The number of amides is 4. The van der Waals surface area contributed by atoms with E-state index in [-0.39, 0.29) is 51.7 Å². The summed E-state index contributed by atoms with van der Waals surface area (Å²) in [4.78, 5) is 64.0. The van der Waals surface area contributed by atoms with Crippen LogP contribution in [-0.2, 0) is 11.3 Å². The Morgan fingerprint density at radius 2 is 1.13 bits per heavy atom. The monoisotopic (exact) mass is 848 g/mol. The fourth-order valence-electron chi connectivity index (χ4n) is 6.36. The van der Waals surface area contributed by atoms with E-state index in [2.05, 4.69) is 50.8 Å². The molecule has 16 heteroatoms. The lowest BCUT2D eigenvalue weighted by Crippen LogP contribution is -2.43. The molecule has 1 unspecified atom stereocenters. The second-order valence-electron chi connectivity index (χ2n) is 13.7. The summed E-state index contributed by atoms with van der Waals surface area (Å²) in [6.07, 6.45) is -0.312. The number of carboxylic acids is 1. The van der Waals surface area contributed by atoms with Crippen molar-refractivity contribution < 1.29 is 48.8 Å². The Bertz CT molecular complexity index is 2700. The summed E-state index contributed by atoms with van der Waals surface area (Å²) in [5.41, 5.74) is 3.97. The highest BCUT2D eigenvalue weighted by atomic mass is 16.5. The molecule has 6 aromatic carbocycles. The minimum atomic E-state index is -1.42. The Morgan fingerprint density at radius 1 is 0.603 bits per heavy atom. The van der Waals surface area contributed by atoms with Gasteiger partial charge in [0, 0.05) is 29.0 Å². The third-order valence-electron chi connectivity index (χ3n) is 9.68. The van der Waals surface area contributed by atoms with E-state index in [1.165, 1.54) is 56.7 Å². The number of rotatable bonds is 16. The quantitative estimate of drug-likeness (QED) is 0.0480. The highest BCUT2D eigenvalue weighted by Gasteiger charge is 2.25. The summed E-state index contributed by atoms with van der Waals surface area (Å²) < 4.78 is 10.4. The first-order chi connectivity index (χ1) is 30.4. The van der Waals surface area contributed by atoms with E-state index in [1.807, 2.05) is 36.4 Å². The van der Waals surface area contributed by atoms with Crippen LogP contribution in [0.15, 0.2) is 127 Å². The molecule has 0 aliphatic heterocycles. The number of aromatic hydroxyl groups is 2. The van der Waals surface area contributed by atoms with E-state index in [0.717, 1.165) is 28.4 Å². The fraction of sp³-hybridized carbons (Fsp3) is 0.106. The molecular weight excluding hydrogens is 809 g/mol. The number of nitriles is 1. The maximum absolute atomic E-state index is 13.2. The molecular formula is C47H40N6O10.